The Labute approximate surface area is 123 Å². The summed E-state index contributed by atoms with van der Waals surface area (Å²) in [5, 5.41) is 19.9. The van der Waals surface area contributed by atoms with Crippen LogP contribution in [0.3, 0.4) is 0 Å². The molecule has 0 amide bonds. The zero-order valence-corrected chi connectivity index (χ0v) is 12.0. The van der Waals surface area contributed by atoms with Crippen molar-refractivity contribution < 1.29 is 4.92 Å². The molecule has 1 saturated carbocycles. The van der Waals surface area contributed by atoms with E-state index in [-0.39, 0.29) is 11.4 Å². The highest BCUT2D eigenvalue weighted by Gasteiger charge is 2.31. The first kappa shape index (κ1) is 15.2. The number of rotatable bonds is 5. The molecule has 0 radical (unpaired) electrons. The van der Waals surface area contributed by atoms with Gasteiger partial charge in [-0.1, -0.05) is 6.42 Å². The fraction of sp³-hybridized carbons (Fsp3) is 0.571. The summed E-state index contributed by atoms with van der Waals surface area (Å²) in [5.74, 6) is 1.03. The molecule has 1 aliphatic carbocycles. The standard InChI is InChI=1S/C14H19N5O2/c1-2-18(12-5-3-4-10(12)8-15)14-7-6-13(19(20)21)11(9-16)17-14/h6-7,10,12H,2-5,8,15H2,1H3. The predicted octanol–water partition coefficient (Wildman–Crippen LogP) is 1.82. The number of nitro groups is 1. The second kappa shape index (κ2) is 6.50. The summed E-state index contributed by atoms with van der Waals surface area (Å²) in [6.45, 7) is 3.37. The first-order valence-corrected chi connectivity index (χ1v) is 7.14. The van der Waals surface area contributed by atoms with E-state index in [1.807, 2.05) is 13.0 Å². The molecule has 1 aromatic rings. The van der Waals surface area contributed by atoms with Crippen LogP contribution in [0.5, 0.6) is 0 Å². The van der Waals surface area contributed by atoms with Crippen molar-refractivity contribution in [2.45, 2.75) is 32.2 Å². The summed E-state index contributed by atoms with van der Waals surface area (Å²) in [7, 11) is 0. The first-order chi connectivity index (χ1) is 10.1. The topological polar surface area (TPSA) is 109 Å². The highest BCUT2D eigenvalue weighted by atomic mass is 16.6. The van der Waals surface area contributed by atoms with E-state index < -0.39 is 4.92 Å². The van der Waals surface area contributed by atoms with Gasteiger partial charge in [-0.25, -0.2) is 4.98 Å². The zero-order valence-electron chi connectivity index (χ0n) is 12.0. The molecule has 1 heterocycles. The lowest BCUT2D eigenvalue weighted by atomic mass is 10.0. The molecule has 0 saturated heterocycles. The highest BCUT2D eigenvalue weighted by Crippen LogP contribution is 2.32. The lowest BCUT2D eigenvalue weighted by Crippen LogP contribution is -2.41. The number of nitriles is 1. The number of anilines is 1. The Hall–Kier alpha value is -2.20. The van der Waals surface area contributed by atoms with Crippen LogP contribution in [0, 0.1) is 27.4 Å². The SMILES string of the molecule is CCN(c1ccc([N+](=O)[O-])c(C#N)n1)C1CCCC1CN. The molecular weight excluding hydrogens is 270 g/mol. The molecule has 0 aromatic carbocycles. The Morgan fingerprint density at radius 2 is 2.33 bits per heavy atom. The van der Waals surface area contributed by atoms with Gasteiger partial charge in [0.2, 0.25) is 5.69 Å². The van der Waals surface area contributed by atoms with Crippen LogP contribution in [0.2, 0.25) is 0 Å². The van der Waals surface area contributed by atoms with E-state index in [4.69, 9.17) is 11.0 Å². The van der Waals surface area contributed by atoms with Crippen LogP contribution in [-0.4, -0.2) is 29.0 Å². The van der Waals surface area contributed by atoms with E-state index in [0.717, 1.165) is 25.8 Å². The van der Waals surface area contributed by atoms with Crippen molar-refractivity contribution in [3.8, 4) is 6.07 Å². The Balaban J connectivity index is 2.35. The Kier molecular flexibility index (Phi) is 4.70. The fourth-order valence-electron chi connectivity index (χ4n) is 3.10. The second-order valence-corrected chi connectivity index (χ2v) is 5.19. The van der Waals surface area contributed by atoms with Gasteiger partial charge in [-0.05, 0) is 38.3 Å². The average Bonchev–Trinajstić information content (AvgIpc) is 2.96. The van der Waals surface area contributed by atoms with E-state index in [0.29, 0.717) is 24.3 Å². The van der Waals surface area contributed by atoms with Crippen molar-refractivity contribution in [2.75, 3.05) is 18.0 Å². The van der Waals surface area contributed by atoms with E-state index >= 15 is 0 Å². The van der Waals surface area contributed by atoms with Crippen molar-refractivity contribution >= 4 is 11.5 Å². The molecule has 2 atom stereocenters. The number of nitrogens with two attached hydrogens (primary N) is 1. The Morgan fingerprint density at radius 3 is 2.90 bits per heavy atom. The maximum absolute atomic E-state index is 10.9. The Bertz CT molecular complexity index is 569. The normalized spacial score (nSPS) is 21.0. The summed E-state index contributed by atoms with van der Waals surface area (Å²) in [6, 6.07) is 5.08. The Morgan fingerprint density at radius 1 is 1.57 bits per heavy atom. The molecule has 0 bridgehead atoms. The molecule has 0 aliphatic heterocycles. The van der Waals surface area contributed by atoms with Gasteiger partial charge in [0.15, 0.2) is 0 Å². The van der Waals surface area contributed by atoms with Crippen molar-refractivity contribution in [3.05, 3.63) is 27.9 Å². The van der Waals surface area contributed by atoms with Gasteiger partial charge >= 0.3 is 5.69 Å². The van der Waals surface area contributed by atoms with Crippen molar-refractivity contribution in [3.63, 3.8) is 0 Å². The number of hydrogen-bond acceptors (Lipinski definition) is 6. The third-order valence-corrected chi connectivity index (χ3v) is 4.12. The lowest BCUT2D eigenvalue weighted by Gasteiger charge is -2.32. The van der Waals surface area contributed by atoms with Crippen LogP contribution in [0.25, 0.3) is 0 Å². The molecule has 2 unspecified atom stereocenters. The van der Waals surface area contributed by atoms with Crippen molar-refractivity contribution in [1.82, 2.24) is 4.98 Å². The van der Waals surface area contributed by atoms with Crippen LogP contribution in [0.15, 0.2) is 12.1 Å². The predicted molar refractivity (Wildman–Crippen MR) is 78.8 cm³/mol. The molecule has 2 rings (SSSR count). The van der Waals surface area contributed by atoms with Crippen LogP contribution in [0.4, 0.5) is 11.5 Å². The van der Waals surface area contributed by atoms with Gasteiger partial charge in [0.25, 0.3) is 0 Å². The lowest BCUT2D eigenvalue weighted by molar-refractivity contribution is -0.385. The number of hydrogen-bond donors (Lipinski definition) is 1. The van der Waals surface area contributed by atoms with E-state index in [2.05, 4.69) is 9.88 Å². The van der Waals surface area contributed by atoms with Crippen LogP contribution in [-0.2, 0) is 0 Å². The van der Waals surface area contributed by atoms with Gasteiger partial charge < -0.3 is 10.6 Å². The van der Waals surface area contributed by atoms with E-state index in [1.54, 1.807) is 6.07 Å². The molecule has 21 heavy (non-hydrogen) atoms. The summed E-state index contributed by atoms with van der Waals surface area (Å²) in [6.07, 6.45) is 3.26. The fourth-order valence-corrected chi connectivity index (χ4v) is 3.10. The average molecular weight is 289 g/mol. The van der Waals surface area contributed by atoms with Gasteiger partial charge in [-0.15, -0.1) is 0 Å². The highest BCUT2D eigenvalue weighted by molar-refractivity contribution is 5.52. The smallest absolute Gasteiger partial charge is 0.305 e. The minimum atomic E-state index is -0.579. The van der Waals surface area contributed by atoms with Gasteiger partial charge in [0.05, 0.1) is 4.92 Å². The molecule has 2 N–H and O–H groups in total. The summed E-state index contributed by atoms with van der Waals surface area (Å²) in [5.41, 5.74) is 5.43. The van der Waals surface area contributed by atoms with Crippen molar-refractivity contribution in [1.29, 1.82) is 5.26 Å². The van der Waals surface area contributed by atoms with Gasteiger partial charge in [-0.2, -0.15) is 5.26 Å². The largest absolute Gasteiger partial charge is 0.354 e. The molecular formula is C14H19N5O2. The molecule has 1 aliphatic rings. The molecule has 112 valence electrons. The molecule has 7 heteroatoms. The molecule has 1 fully saturated rings. The minimum absolute atomic E-state index is 0.141. The van der Waals surface area contributed by atoms with Gasteiger partial charge in [-0.3, -0.25) is 10.1 Å². The zero-order chi connectivity index (χ0) is 15.4. The molecule has 7 nitrogen and oxygen atoms in total. The van der Waals surface area contributed by atoms with Gasteiger partial charge in [0, 0.05) is 18.7 Å². The number of nitrogens with zero attached hydrogens (tertiary/aromatic N) is 4. The summed E-state index contributed by atoms with van der Waals surface area (Å²) >= 11 is 0. The van der Waals surface area contributed by atoms with Crippen LogP contribution < -0.4 is 10.6 Å². The van der Waals surface area contributed by atoms with Gasteiger partial charge in [0.1, 0.15) is 11.9 Å². The monoisotopic (exact) mass is 289 g/mol. The van der Waals surface area contributed by atoms with Crippen LogP contribution >= 0.6 is 0 Å². The van der Waals surface area contributed by atoms with Crippen molar-refractivity contribution in [2.24, 2.45) is 11.7 Å². The number of aromatic nitrogens is 1. The third-order valence-electron chi connectivity index (χ3n) is 4.12. The minimum Gasteiger partial charge on any atom is -0.354 e. The molecule has 1 aromatic heterocycles. The molecule has 0 spiro atoms. The summed E-state index contributed by atoms with van der Waals surface area (Å²) in [4.78, 5) is 16.6. The summed E-state index contributed by atoms with van der Waals surface area (Å²) < 4.78 is 0. The second-order valence-electron chi connectivity index (χ2n) is 5.19. The number of pyridine rings is 1. The van der Waals surface area contributed by atoms with Crippen LogP contribution in [0.1, 0.15) is 31.9 Å². The van der Waals surface area contributed by atoms with E-state index in [9.17, 15) is 10.1 Å². The quantitative estimate of drug-likeness (QED) is 0.654. The van der Waals surface area contributed by atoms with E-state index in [1.165, 1.54) is 6.07 Å². The maximum atomic E-state index is 10.9. The maximum Gasteiger partial charge on any atom is 0.305 e. The third kappa shape index (κ3) is 2.95. The first-order valence-electron chi connectivity index (χ1n) is 7.14.